The van der Waals surface area contributed by atoms with Gasteiger partial charge in [0.05, 0.1) is 5.75 Å². The molecule has 0 aliphatic rings. The summed E-state index contributed by atoms with van der Waals surface area (Å²) in [5.74, 6) is 0.864. The van der Waals surface area contributed by atoms with Crippen molar-refractivity contribution in [2.45, 2.75) is 19.8 Å². The highest BCUT2D eigenvalue weighted by atomic mass is 32.2. The second-order valence-electron chi connectivity index (χ2n) is 4.12. The molecule has 0 atom stereocenters. The Balaban J connectivity index is 3.97. The van der Waals surface area contributed by atoms with Gasteiger partial charge in [0.1, 0.15) is 0 Å². The lowest BCUT2D eigenvalue weighted by Gasteiger charge is -2.21. The van der Waals surface area contributed by atoms with Crippen LogP contribution in [0.3, 0.4) is 0 Å². The molecule has 0 rings (SSSR count). The Morgan fingerprint density at radius 3 is 2.63 bits per heavy atom. The summed E-state index contributed by atoms with van der Waals surface area (Å²) in [5.41, 5.74) is 0. The van der Waals surface area contributed by atoms with Crippen molar-refractivity contribution >= 4 is 16.0 Å². The van der Waals surface area contributed by atoms with E-state index in [9.17, 15) is 8.42 Å². The van der Waals surface area contributed by atoms with E-state index in [4.69, 9.17) is 0 Å². The molecule has 0 fully saturated rings. The molecule has 2 N–H and O–H groups in total. The van der Waals surface area contributed by atoms with Crippen LogP contribution >= 0.6 is 0 Å². The molecule has 0 amide bonds. The maximum atomic E-state index is 11.2. The Morgan fingerprint density at radius 1 is 1.42 bits per heavy atom. The Hall–Kier alpha value is -1.08. The van der Waals surface area contributed by atoms with Crippen molar-refractivity contribution in [2.24, 2.45) is 4.99 Å². The predicted molar refractivity (Wildman–Crippen MR) is 80.9 cm³/mol. The van der Waals surface area contributed by atoms with E-state index in [1.54, 1.807) is 14.0 Å². The van der Waals surface area contributed by atoms with Crippen molar-refractivity contribution in [2.75, 3.05) is 39.5 Å². The van der Waals surface area contributed by atoms with E-state index in [1.807, 2.05) is 18.0 Å². The van der Waals surface area contributed by atoms with E-state index in [0.29, 0.717) is 13.1 Å². The van der Waals surface area contributed by atoms with Gasteiger partial charge in [-0.25, -0.2) is 13.1 Å². The normalized spacial score (nSPS) is 12.3. The molecule has 0 unspecified atom stereocenters. The molecule has 6 nitrogen and oxygen atoms in total. The maximum Gasteiger partial charge on any atom is 0.211 e. The van der Waals surface area contributed by atoms with Gasteiger partial charge in [0.25, 0.3) is 0 Å². The van der Waals surface area contributed by atoms with Crippen LogP contribution in [0.15, 0.2) is 17.6 Å². The Labute approximate surface area is 117 Å². The molecule has 0 aromatic carbocycles. The summed E-state index contributed by atoms with van der Waals surface area (Å²) in [6.45, 7) is 7.05. The summed E-state index contributed by atoms with van der Waals surface area (Å²) >= 11 is 0. The quantitative estimate of drug-likeness (QED) is 0.279. The number of aliphatic imine (C=N–C) groups is 1. The summed E-state index contributed by atoms with van der Waals surface area (Å²) in [7, 11) is 0.547. The Morgan fingerprint density at radius 2 is 2.11 bits per heavy atom. The van der Waals surface area contributed by atoms with Gasteiger partial charge in [0.2, 0.25) is 10.0 Å². The molecule has 112 valence electrons. The molecule has 0 aliphatic heterocycles. The molecule has 0 aromatic heterocycles. The van der Waals surface area contributed by atoms with Crippen molar-refractivity contribution in [3.63, 3.8) is 0 Å². The van der Waals surface area contributed by atoms with Crippen LogP contribution in [0.2, 0.25) is 0 Å². The van der Waals surface area contributed by atoms with Crippen molar-refractivity contribution in [1.29, 1.82) is 0 Å². The molecule has 0 aliphatic carbocycles. The highest BCUT2D eigenvalue weighted by molar-refractivity contribution is 7.89. The second-order valence-corrected chi connectivity index (χ2v) is 6.22. The standard InChI is InChI=1S/C12H26N4O2S/c1-5-7-8-11-16(4)12(13-3)14-9-10-15-19(17,18)6-2/h5,15H,1,6-11H2,2-4H3,(H,13,14). The van der Waals surface area contributed by atoms with E-state index in [-0.39, 0.29) is 5.75 Å². The SMILES string of the molecule is C=CCCCN(C)C(=NC)NCCNS(=O)(=O)CC. The van der Waals surface area contributed by atoms with Crippen LogP contribution in [0, 0.1) is 0 Å². The second kappa shape index (κ2) is 9.80. The van der Waals surface area contributed by atoms with Crippen LogP contribution in [-0.4, -0.2) is 58.8 Å². The summed E-state index contributed by atoms with van der Waals surface area (Å²) < 4.78 is 25.0. The number of rotatable bonds is 9. The summed E-state index contributed by atoms with van der Waals surface area (Å²) in [4.78, 5) is 6.16. The third-order valence-corrected chi connectivity index (χ3v) is 3.99. The number of allylic oxidation sites excluding steroid dienone is 1. The van der Waals surface area contributed by atoms with Gasteiger partial charge in [-0.05, 0) is 19.8 Å². The van der Waals surface area contributed by atoms with Gasteiger partial charge in [0, 0.05) is 33.7 Å². The zero-order valence-corrected chi connectivity index (χ0v) is 13.0. The molecule has 0 bridgehead atoms. The fourth-order valence-electron chi connectivity index (χ4n) is 1.45. The maximum absolute atomic E-state index is 11.2. The number of nitrogens with one attached hydrogen (secondary N) is 2. The number of unbranched alkanes of at least 4 members (excludes halogenated alkanes) is 1. The van der Waals surface area contributed by atoms with Crippen molar-refractivity contribution in [1.82, 2.24) is 14.9 Å². The minimum Gasteiger partial charge on any atom is -0.355 e. The van der Waals surface area contributed by atoms with Crippen LogP contribution in [0.1, 0.15) is 19.8 Å². The highest BCUT2D eigenvalue weighted by Crippen LogP contribution is 1.93. The van der Waals surface area contributed by atoms with Gasteiger partial charge < -0.3 is 10.2 Å². The summed E-state index contributed by atoms with van der Waals surface area (Å²) in [6, 6.07) is 0. The fourth-order valence-corrected chi connectivity index (χ4v) is 2.06. The highest BCUT2D eigenvalue weighted by Gasteiger charge is 2.07. The lowest BCUT2D eigenvalue weighted by Crippen LogP contribution is -2.42. The number of nitrogens with zero attached hydrogens (tertiary/aromatic N) is 2. The molecule has 0 spiro atoms. The van der Waals surface area contributed by atoms with Crippen molar-refractivity contribution < 1.29 is 8.42 Å². The van der Waals surface area contributed by atoms with Gasteiger partial charge >= 0.3 is 0 Å². The first kappa shape index (κ1) is 17.9. The average Bonchev–Trinajstić information content (AvgIpc) is 2.39. The molecule has 19 heavy (non-hydrogen) atoms. The van der Waals surface area contributed by atoms with Crippen LogP contribution in [0.4, 0.5) is 0 Å². The molecule has 0 heterocycles. The summed E-state index contributed by atoms with van der Waals surface area (Å²) in [6.07, 6.45) is 3.88. The predicted octanol–water partition coefficient (Wildman–Crippen LogP) is 0.399. The van der Waals surface area contributed by atoms with Crippen LogP contribution in [0.5, 0.6) is 0 Å². The van der Waals surface area contributed by atoms with E-state index < -0.39 is 10.0 Å². The molecular weight excluding hydrogens is 264 g/mol. The molecule has 0 radical (unpaired) electrons. The van der Waals surface area contributed by atoms with Crippen molar-refractivity contribution in [3.8, 4) is 0 Å². The monoisotopic (exact) mass is 290 g/mol. The topological polar surface area (TPSA) is 73.8 Å². The number of guanidine groups is 1. The van der Waals surface area contributed by atoms with E-state index >= 15 is 0 Å². The molecular formula is C12H26N4O2S. The zero-order valence-electron chi connectivity index (χ0n) is 12.1. The van der Waals surface area contributed by atoms with Gasteiger partial charge in [-0.3, -0.25) is 4.99 Å². The van der Waals surface area contributed by atoms with Crippen LogP contribution < -0.4 is 10.0 Å². The average molecular weight is 290 g/mol. The smallest absolute Gasteiger partial charge is 0.211 e. The molecule has 0 saturated heterocycles. The Kier molecular flexibility index (Phi) is 9.24. The third kappa shape index (κ3) is 8.61. The zero-order chi connectivity index (χ0) is 14.7. The molecule has 7 heteroatoms. The first-order valence-corrected chi connectivity index (χ1v) is 8.12. The fraction of sp³-hybridized carbons (Fsp3) is 0.750. The summed E-state index contributed by atoms with van der Waals surface area (Å²) in [5, 5.41) is 3.12. The largest absolute Gasteiger partial charge is 0.355 e. The lowest BCUT2D eigenvalue weighted by atomic mass is 10.3. The van der Waals surface area contributed by atoms with Crippen LogP contribution in [0.25, 0.3) is 0 Å². The lowest BCUT2D eigenvalue weighted by molar-refractivity contribution is 0.470. The van der Waals surface area contributed by atoms with E-state index in [0.717, 1.165) is 25.3 Å². The minimum absolute atomic E-state index is 0.100. The number of sulfonamides is 1. The minimum atomic E-state index is -3.12. The first-order chi connectivity index (χ1) is 8.96. The first-order valence-electron chi connectivity index (χ1n) is 6.46. The molecule has 0 saturated carbocycles. The van der Waals surface area contributed by atoms with Crippen molar-refractivity contribution in [3.05, 3.63) is 12.7 Å². The van der Waals surface area contributed by atoms with E-state index in [2.05, 4.69) is 21.6 Å². The van der Waals surface area contributed by atoms with Gasteiger partial charge in [-0.15, -0.1) is 6.58 Å². The third-order valence-electron chi connectivity index (χ3n) is 2.59. The van der Waals surface area contributed by atoms with Gasteiger partial charge in [-0.2, -0.15) is 0 Å². The van der Waals surface area contributed by atoms with E-state index in [1.165, 1.54) is 0 Å². The Bertz CT molecular complexity index is 379. The molecule has 0 aromatic rings. The number of hydrogen-bond donors (Lipinski definition) is 2. The van der Waals surface area contributed by atoms with Gasteiger partial charge in [0.15, 0.2) is 5.96 Å². The van der Waals surface area contributed by atoms with Crippen LogP contribution in [-0.2, 0) is 10.0 Å². The number of hydrogen-bond acceptors (Lipinski definition) is 3. The van der Waals surface area contributed by atoms with Gasteiger partial charge in [-0.1, -0.05) is 6.08 Å².